The predicted molar refractivity (Wildman–Crippen MR) is 108 cm³/mol. The molecule has 0 aliphatic carbocycles. The van der Waals surface area contributed by atoms with E-state index >= 15 is 0 Å². The van der Waals surface area contributed by atoms with E-state index in [2.05, 4.69) is 17.4 Å². The van der Waals surface area contributed by atoms with Crippen LogP contribution in [0.5, 0.6) is 0 Å². The molecule has 1 N–H and O–H groups in total. The quantitative estimate of drug-likeness (QED) is 0.695. The van der Waals surface area contributed by atoms with E-state index in [-0.39, 0.29) is 11.7 Å². The van der Waals surface area contributed by atoms with Gasteiger partial charge in [0.2, 0.25) is 10.0 Å². The van der Waals surface area contributed by atoms with Crippen molar-refractivity contribution in [3.63, 3.8) is 0 Å². The van der Waals surface area contributed by atoms with Crippen LogP contribution in [-0.4, -0.2) is 14.5 Å². The highest BCUT2D eigenvalue weighted by Gasteiger charge is 2.30. The SMILES string of the molecule is Cc1cc(C)c(S(=O)(=O)NC(C(C)C)C(S)c2ccc(F)cc2)c(C)c1. The van der Waals surface area contributed by atoms with Crippen LogP contribution in [0.2, 0.25) is 0 Å². The van der Waals surface area contributed by atoms with Gasteiger partial charge in [-0.05, 0) is 55.5 Å². The van der Waals surface area contributed by atoms with E-state index in [1.807, 2.05) is 32.9 Å². The van der Waals surface area contributed by atoms with Crippen LogP contribution in [0, 0.1) is 32.5 Å². The number of hydrogen-bond donors (Lipinski definition) is 2. The summed E-state index contributed by atoms with van der Waals surface area (Å²) in [7, 11) is -3.72. The van der Waals surface area contributed by atoms with Crippen molar-refractivity contribution in [2.75, 3.05) is 0 Å². The zero-order chi connectivity index (χ0) is 19.6. The molecule has 2 rings (SSSR count). The first-order valence-corrected chi connectivity index (χ1v) is 10.6. The Balaban J connectivity index is 2.39. The highest BCUT2D eigenvalue weighted by atomic mass is 32.2. The lowest BCUT2D eigenvalue weighted by atomic mass is 9.97. The summed E-state index contributed by atoms with van der Waals surface area (Å²) in [5, 5.41) is -0.392. The topological polar surface area (TPSA) is 46.2 Å². The summed E-state index contributed by atoms with van der Waals surface area (Å²) < 4.78 is 42.2. The van der Waals surface area contributed by atoms with Gasteiger partial charge in [-0.2, -0.15) is 12.6 Å². The van der Waals surface area contributed by atoms with Gasteiger partial charge in [0.25, 0.3) is 0 Å². The normalized spacial score (nSPS) is 14.5. The highest BCUT2D eigenvalue weighted by molar-refractivity contribution is 7.89. The molecule has 0 fully saturated rings. The van der Waals surface area contributed by atoms with Crippen molar-refractivity contribution < 1.29 is 12.8 Å². The van der Waals surface area contributed by atoms with E-state index in [1.54, 1.807) is 26.0 Å². The summed E-state index contributed by atoms with van der Waals surface area (Å²) in [6.07, 6.45) is 0. The van der Waals surface area contributed by atoms with Gasteiger partial charge in [0.05, 0.1) is 4.90 Å². The van der Waals surface area contributed by atoms with Crippen LogP contribution in [0.1, 0.15) is 41.4 Å². The molecule has 26 heavy (non-hydrogen) atoms. The molecule has 0 aromatic heterocycles. The molecule has 0 heterocycles. The van der Waals surface area contributed by atoms with Gasteiger partial charge in [-0.3, -0.25) is 0 Å². The first kappa shape index (κ1) is 20.9. The molecule has 2 unspecified atom stereocenters. The standard InChI is InChI=1S/C20H26FNO2S2/c1-12(2)18(19(25)16-6-8-17(21)9-7-16)22-26(23,24)20-14(4)10-13(3)11-15(20)5/h6-12,18-19,22,25H,1-5H3. The fraction of sp³-hybridized carbons (Fsp3) is 0.400. The molecule has 3 nitrogen and oxygen atoms in total. The Hall–Kier alpha value is -1.37. The van der Waals surface area contributed by atoms with E-state index in [9.17, 15) is 12.8 Å². The minimum Gasteiger partial charge on any atom is -0.207 e. The number of halogens is 1. The van der Waals surface area contributed by atoms with Crippen LogP contribution in [0.25, 0.3) is 0 Å². The molecular weight excluding hydrogens is 369 g/mol. The Morgan fingerprint density at radius 3 is 1.96 bits per heavy atom. The lowest BCUT2D eigenvalue weighted by molar-refractivity contribution is 0.440. The van der Waals surface area contributed by atoms with E-state index in [4.69, 9.17) is 0 Å². The van der Waals surface area contributed by atoms with E-state index < -0.39 is 21.3 Å². The van der Waals surface area contributed by atoms with Crippen LogP contribution < -0.4 is 4.72 Å². The summed E-state index contributed by atoms with van der Waals surface area (Å²) in [6, 6.07) is 9.29. The van der Waals surface area contributed by atoms with Gasteiger partial charge in [-0.25, -0.2) is 17.5 Å². The summed E-state index contributed by atoms with van der Waals surface area (Å²) >= 11 is 4.63. The molecule has 0 bridgehead atoms. The second-order valence-electron chi connectivity index (χ2n) is 7.12. The molecule has 0 amide bonds. The lowest BCUT2D eigenvalue weighted by Gasteiger charge is -2.28. The zero-order valence-corrected chi connectivity index (χ0v) is 17.5. The van der Waals surface area contributed by atoms with Crippen molar-refractivity contribution in [1.29, 1.82) is 0 Å². The van der Waals surface area contributed by atoms with Gasteiger partial charge in [-0.15, -0.1) is 0 Å². The molecule has 2 aromatic carbocycles. The number of thiol groups is 1. The van der Waals surface area contributed by atoms with Crippen LogP contribution in [-0.2, 0) is 10.0 Å². The average molecular weight is 396 g/mol. The fourth-order valence-corrected chi connectivity index (χ4v) is 5.80. The van der Waals surface area contributed by atoms with Crippen LogP contribution in [0.15, 0.2) is 41.3 Å². The number of sulfonamides is 1. The van der Waals surface area contributed by atoms with Crippen molar-refractivity contribution in [3.8, 4) is 0 Å². The fourth-order valence-electron chi connectivity index (χ4n) is 3.26. The monoisotopic (exact) mass is 395 g/mol. The number of benzene rings is 2. The molecule has 0 aliphatic rings. The number of nitrogens with one attached hydrogen (secondary N) is 1. The molecule has 6 heteroatoms. The van der Waals surface area contributed by atoms with Crippen LogP contribution in [0.4, 0.5) is 4.39 Å². The van der Waals surface area contributed by atoms with Crippen molar-refractivity contribution >= 4 is 22.7 Å². The second kappa shape index (κ2) is 8.11. The van der Waals surface area contributed by atoms with Crippen molar-refractivity contribution in [1.82, 2.24) is 4.72 Å². The summed E-state index contributed by atoms with van der Waals surface area (Å²) in [4.78, 5) is 0.313. The van der Waals surface area contributed by atoms with Gasteiger partial charge in [0.15, 0.2) is 0 Å². The Labute approximate surface area is 161 Å². The zero-order valence-electron chi connectivity index (χ0n) is 15.7. The highest BCUT2D eigenvalue weighted by Crippen LogP contribution is 2.30. The van der Waals surface area contributed by atoms with Crippen molar-refractivity contribution in [2.24, 2.45) is 5.92 Å². The van der Waals surface area contributed by atoms with Crippen LogP contribution >= 0.6 is 12.6 Å². The van der Waals surface area contributed by atoms with Gasteiger partial charge in [0, 0.05) is 11.3 Å². The lowest BCUT2D eigenvalue weighted by Crippen LogP contribution is -2.41. The molecular formula is C20H26FNO2S2. The summed E-state index contributed by atoms with van der Waals surface area (Å²) in [5.74, 6) is -0.328. The largest absolute Gasteiger partial charge is 0.241 e. The molecule has 2 atom stereocenters. The molecule has 142 valence electrons. The first-order chi connectivity index (χ1) is 12.0. The van der Waals surface area contributed by atoms with E-state index in [0.717, 1.165) is 22.3 Å². The number of rotatable bonds is 6. The summed E-state index contributed by atoms with van der Waals surface area (Å²) in [5.41, 5.74) is 3.23. The Morgan fingerprint density at radius 1 is 1.00 bits per heavy atom. The molecule has 0 spiro atoms. The maximum Gasteiger partial charge on any atom is 0.241 e. The molecule has 0 aliphatic heterocycles. The van der Waals surface area contributed by atoms with Gasteiger partial charge in [0.1, 0.15) is 5.82 Å². The number of aryl methyl sites for hydroxylation is 3. The molecule has 0 saturated heterocycles. The van der Waals surface area contributed by atoms with Crippen LogP contribution in [0.3, 0.4) is 0 Å². The molecule has 2 aromatic rings. The smallest absolute Gasteiger partial charge is 0.207 e. The Kier molecular flexibility index (Phi) is 6.53. The first-order valence-electron chi connectivity index (χ1n) is 8.56. The van der Waals surface area contributed by atoms with E-state index in [1.165, 1.54) is 12.1 Å². The Morgan fingerprint density at radius 2 is 1.50 bits per heavy atom. The van der Waals surface area contributed by atoms with Gasteiger partial charge < -0.3 is 0 Å². The second-order valence-corrected chi connectivity index (χ2v) is 9.32. The third-order valence-electron chi connectivity index (χ3n) is 4.43. The maximum absolute atomic E-state index is 13.2. The predicted octanol–water partition coefficient (Wildman–Crippen LogP) is 4.72. The Bertz CT molecular complexity index is 854. The molecule has 0 saturated carbocycles. The van der Waals surface area contributed by atoms with Gasteiger partial charge in [-0.1, -0.05) is 43.7 Å². The molecule has 0 radical (unpaired) electrons. The summed E-state index contributed by atoms with van der Waals surface area (Å²) in [6.45, 7) is 9.43. The van der Waals surface area contributed by atoms with Gasteiger partial charge >= 0.3 is 0 Å². The minimum absolute atomic E-state index is 0.00314. The maximum atomic E-state index is 13.2. The minimum atomic E-state index is -3.72. The van der Waals surface area contributed by atoms with Crippen molar-refractivity contribution in [2.45, 2.75) is 50.8 Å². The third kappa shape index (κ3) is 4.67. The average Bonchev–Trinajstić information content (AvgIpc) is 2.51. The van der Waals surface area contributed by atoms with E-state index in [0.29, 0.717) is 4.90 Å². The van der Waals surface area contributed by atoms with Crippen molar-refractivity contribution in [3.05, 3.63) is 64.5 Å². The third-order valence-corrected chi connectivity index (χ3v) is 6.82. The number of hydrogen-bond acceptors (Lipinski definition) is 3.